The van der Waals surface area contributed by atoms with Gasteiger partial charge in [-0.2, -0.15) is 0 Å². The van der Waals surface area contributed by atoms with E-state index in [-0.39, 0.29) is 6.10 Å². The second kappa shape index (κ2) is 8.35. The third-order valence-corrected chi connectivity index (χ3v) is 7.56. The van der Waals surface area contributed by atoms with Crippen molar-refractivity contribution < 1.29 is 14.7 Å². The first-order valence-corrected chi connectivity index (χ1v) is 11.1. The zero-order chi connectivity index (χ0) is 19.7. The van der Waals surface area contributed by atoms with Crippen molar-refractivity contribution in [1.29, 1.82) is 0 Å². The lowest BCUT2D eigenvalue weighted by Crippen LogP contribution is -3.16. The maximum atomic E-state index is 10.4. The Morgan fingerprint density at radius 1 is 1.32 bits per heavy atom. The number of aliphatic hydroxyl groups excluding tert-OH is 1. The number of ether oxygens (including phenoxy) is 1. The fourth-order valence-electron chi connectivity index (χ4n) is 5.30. The average Bonchev–Trinajstić information content (AvgIpc) is 2.68. The second-order valence-corrected chi connectivity index (χ2v) is 9.85. The Kier molecular flexibility index (Phi) is 6.03. The van der Waals surface area contributed by atoms with Gasteiger partial charge in [0.25, 0.3) is 0 Å². The van der Waals surface area contributed by atoms with E-state index in [1.165, 1.54) is 29.0 Å². The van der Waals surface area contributed by atoms with Gasteiger partial charge in [-0.1, -0.05) is 37.6 Å². The third-order valence-electron chi connectivity index (χ3n) is 7.33. The molecule has 2 bridgehead atoms. The summed E-state index contributed by atoms with van der Waals surface area (Å²) in [5.74, 6) is 1.55. The molecule has 3 atom stereocenters. The number of aliphatic hydroxyl groups is 1. The molecule has 0 spiro atoms. The van der Waals surface area contributed by atoms with Crippen molar-refractivity contribution in [3.63, 3.8) is 0 Å². The van der Waals surface area contributed by atoms with Crippen molar-refractivity contribution in [3.8, 4) is 0 Å². The number of benzene rings is 1. The van der Waals surface area contributed by atoms with Crippen LogP contribution >= 0.6 is 11.6 Å². The SMILES string of the molecule is CC1(C)[C@@H]2CC=C(COC[C@H](O)C[NH+]3CCN(c4cccc(Cl)c4)CC3)[C@H]1C2. The molecule has 4 aliphatic rings. The van der Waals surface area contributed by atoms with Crippen LogP contribution in [0.2, 0.25) is 5.02 Å². The highest BCUT2D eigenvalue weighted by atomic mass is 35.5. The van der Waals surface area contributed by atoms with Gasteiger partial charge in [-0.25, -0.2) is 0 Å². The van der Waals surface area contributed by atoms with Gasteiger partial charge in [0, 0.05) is 10.7 Å². The molecule has 1 aromatic rings. The molecule has 1 saturated carbocycles. The van der Waals surface area contributed by atoms with Crippen molar-refractivity contribution in [2.24, 2.45) is 17.3 Å². The largest absolute Gasteiger partial charge is 0.385 e. The molecule has 154 valence electrons. The second-order valence-electron chi connectivity index (χ2n) is 9.41. The Balaban J connectivity index is 1.16. The summed E-state index contributed by atoms with van der Waals surface area (Å²) in [6.07, 6.45) is 4.52. The number of rotatable bonds is 7. The lowest BCUT2D eigenvalue weighted by molar-refractivity contribution is -0.903. The first-order chi connectivity index (χ1) is 13.4. The van der Waals surface area contributed by atoms with Gasteiger partial charge in [0.1, 0.15) is 12.6 Å². The molecule has 5 heteroatoms. The van der Waals surface area contributed by atoms with Crippen LogP contribution in [0.1, 0.15) is 26.7 Å². The summed E-state index contributed by atoms with van der Waals surface area (Å²) in [5, 5.41) is 11.2. The van der Waals surface area contributed by atoms with Crippen LogP contribution in [0.4, 0.5) is 5.69 Å². The van der Waals surface area contributed by atoms with Crippen LogP contribution in [0.25, 0.3) is 0 Å². The predicted octanol–water partition coefficient (Wildman–Crippen LogP) is 2.41. The monoisotopic (exact) mass is 405 g/mol. The minimum atomic E-state index is -0.390. The van der Waals surface area contributed by atoms with Gasteiger partial charge >= 0.3 is 0 Å². The van der Waals surface area contributed by atoms with E-state index >= 15 is 0 Å². The average molecular weight is 406 g/mol. The molecule has 1 aromatic carbocycles. The standard InChI is InChI=1S/C23H33ClN2O2/c1-23(2)18-7-6-17(22(23)12-18)15-28-16-21(27)14-25-8-10-26(11-9-25)20-5-3-4-19(24)13-20/h3-6,13,18,21-22,27H,7-12,14-16H2,1-2H3/p+1/t18-,21-,22-/m1/s1. The minimum Gasteiger partial charge on any atom is -0.385 e. The van der Waals surface area contributed by atoms with E-state index < -0.39 is 0 Å². The molecule has 0 aromatic heterocycles. The Morgan fingerprint density at radius 3 is 2.79 bits per heavy atom. The fraction of sp³-hybridized carbons (Fsp3) is 0.652. The quantitative estimate of drug-likeness (QED) is 0.684. The van der Waals surface area contributed by atoms with Gasteiger partial charge in [-0.05, 0) is 53.9 Å². The van der Waals surface area contributed by atoms with Gasteiger partial charge in [0.15, 0.2) is 0 Å². The normalized spacial score (nSPS) is 27.9. The summed E-state index contributed by atoms with van der Waals surface area (Å²) in [5.41, 5.74) is 3.10. The molecule has 1 aliphatic heterocycles. The van der Waals surface area contributed by atoms with Gasteiger partial charge < -0.3 is 19.6 Å². The number of quaternary nitrogens is 1. The summed E-state index contributed by atoms with van der Waals surface area (Å²) in [6, 6.07) is 8.06. The molecular weight excluding hydrogens is 372 g/mol. The molecule has 0 amide bonds. The van der Waals surface area contributed by atoms with E-state index in [4.69, 9.17) is 16.3 Å². The topological polar surface area (TPSA) is 37.1 Å². The van der Waals surface area contributed by atoms with Gasteiger partial charge in [0.05, 0.1) is 39.4 Å². The van der Waals surface area contributed by atoms with E-state index in [0.717, 1.165) is 43.7 Å². The van der Waals surface area contributed by atoms with Crippen LogP contribution in [-0.4, -0.2) is 57.1 Å². The molecule has 1 heterocycles. The third kappa shape index (κ3) is 4.25. The molecule has 2 fully saturated rings. The lowest BCUT2D eigenvalue weighted by atomic mass is 9.49. The highest BCUT2D eigenvalue weighted by Crippen LogP contribution is 2.59. The molecule has 28 heavy (non-hydrogen) atoms. The molecule has 5 rings (SSSR count). The number of hydrogen-bond donors (Lipinski definition) is 2. The van der Waals surface area contributed by atoms with Gasteiger partial charge in [-0.15, -0.1) is 0 Å². The van der Waals surface area contributed by atoms with Crippen LogP contribution in [0.15, 0.2) is 35.9 Å². The first-order valence-electron chi connectivity index (χ1n) is 10.7. The van der Waals surface area contributed by atoms with Crippen LogP contribution in [0, 0.1) is 17.3 Å². The first kappa shape index (κ1) is 20.2. The fourth-order valence-corrected chi connectivity index (χ4v) is 5.49. The molecule has 1 saturated heterocycles. The Morgan fingerprint density at radius 2 is 2.11 bits per heavy atom. The number of allylic oxidation sites excluding steroid dienone is 1. The van der Waals surface area contributed by atoms with E-state index in [1.54, 1.807) is 0 Å². The molecule has 0 unspecified atom stereocenters. The molecule has 2 N–H and O–H groups in total. The van der Waals surface area contributed by atoms with Crippen molar-refractivity contribution >= 4 is 17.3 Å². The predicted molar refractivity (Wildman–Crippen MR) is 114 cm³/mol. The number of fused-ring (bicyclic) bond motifs is 1. The van der Waals surface area contributed by atoms with Gasteiger partial charge in [0.2, 0.25) is 0 Å². The summed E-state index contributed by atoms with van der Waals surface area (Å²) < 4.78 is 5.91. The molecule has 0 radical (unpaired) electrons. The van der Waals surface area contributed by atoms with E-state index in [1.807, 2.05) is 18.2 Å². The number of halogens is 1. The zero-order valence-corrected chi connectivity index (χ0v) is 17.9. The lowest BCUT2D eigenvalue weighted by Gasteiger charge is -2.56. The summed E-state index contributed by atoms with van der Waals surface area (Å²) >= 11 is 6.11. The van der Waals surface area contributed by atoms with E-state index in [2.05, 4.69) is 30.9 Å². The number of anilines is 1. The van der Waals surface area contributed by atoms with E-state index in [9.17, 15) is 5.11 Å². The Hall–Kier alpha value is -1.07. The van der Waals surface area contributed by atoms with Crippen LogP contribution in [0.5, 0.6) is 0 Å². The number of hydrogen-bond acceptors (Lipinski definition) is 3. The Labute approximate surface area is 174 Å². The number of nitrogens with one attached hydrogen (secondary N) is 1. The summed E-state index contributed by atoms with van der Waals surface area (Å²) in [4.78, 5) is 3.83. The van der Waals surface area contributed by atoms with Crippen molar-refractivity contribution in [2.75, 3.05) is 50.8 Å². The smallest absolute Gasteiger partial charge is 0.126 e. The highest BCUT2D eigenvalue weighted by molar-refractivity contribution is 6.30. The zero-order valence-electron chi connectivity index (χ0n) is 17.2. The molecule has 4 nitrogen and oxygen atoms in total. The number of nitrogens with zero attached hydrogens (tertiary/aromatic N) is 1. The van der Waals surface area contributed by atoms with Crippen LogP contribution < -0.4 is 9.80 Å². The minimum absolute atomic E-state index is 0.390. The van der Waals surface area contributed by atoms with Crippen LogP contribution in [-0.2, 0) is 4.74 Å². The summed E-state index contributed by atoms with van der Waals surface area (Å²) in [7, 11) is 0. The molecular formula is C23H34ClN2O2+. The van der Waals surface area contributed by atoms with Crippen molar-refractivity contribution in [2.45, 2.75) is 32.8 Å². The molecule has 3 aliphatic carbocycles. The number of piperazine rings is 1. The van der Waals surface area contributed by atoms with Gasteiger partial charge in [-0.3, -0.25) is 0 Å². The van der Waals surface area contributed by atoms with E-state index in [0.29, 0.717) is 24.5 Å². The summed E-state index contributed by atoms with van der Waals surface area (Å²) in [6.45, 7) is 10.7. The van der Waals surface area contributed by atoms with Crippen molar-refractivity contribution in [1.82, 2.24) is 0 Å². The maximum Gasteiger partial charge on any atom is 0.126 e. The van der Waals surface area contributed by atoms with Crippen LogP contribution in [0.3, 0.4) is 0 Å². The maximum absolute atomic E-state index is 10.4. The Bertz CT molecular complexity index is 712. The highest BCUT2D eigenvalue weighted by Gasteiger charge is 2.50. The van der Waals surface area contributed by atoms with Crippen molar-refractivity contribution in [3.05, 3.63) is 40.9 Å².